The van der Waals surface area contributed by atoms with Crippen molar-refractivity contribution in [2.24, 2.45) is 5.41 Å². The van der Waals surface area contributed by atoms with Crippen molar-refractivity contribution in [1.29, 1.82) is 0 Å². The summed E-state index contributed by atoms with van der Waals surface area (Å²) in [5.41, 5.74) is -0.158. The van der Waals surface area contributed by atoms with Crippen LogP contribution in [0.4, 0.5) is 0 Å². The van der Waals surface area contributed by atoms with Gasteiger partial charge in [0.05, 0.1) is 0 Å². The van der Waals surface area contributed by atoms with Crippen molar-refractivity contribution in [3.63, 3.8) is 0 Å². The van der Waals surface area contributed by atoms with E-state index in [9.17, 15) is 4.79 Å². The van der Waals surface area contributed by atoms with Gasteiger partial charge in [0.25, 0.3) is 0 Å². The fourth-order valence-corrected chi connectivity index (χ4v) is 2.76. The Morgan fingerprint density at radius 1 is 0.850 bits per heavy atom. The van der Waals surface area contributed by atoms with Gasteiger partial charge in [0, 0.05) is 12.5 Å². The Bertz CT molecular complexity index is 240. The molecule has 0 aliphatic rings. The highest BCUT2D eigenvalue weighted by atomic mass is 16.2. The van der Waals surface area contributed by atoms with Crippen LogP contribution < -0.4 is 5.32 Å². The molecular weight excluding hydrogens is 246 g/mol. The average Bonchev–Trinajstić information content (AvgIpc) is 2.48. The fraction of sp³-hybridized carbons (Fsp3) is 0.944. The number of unbranched alkanes of at least 4 members (excludes halogenated alkanes) is 9. The van der Waals surface area contributed by atoms with E-state index in [4.69, 9.17) is 0 Å². The van der Waals surface area contributed by atoms with Gasteiger partial charge < -0.3 is 5.32 Å². The summed E-state index contributed by atoms with van der Waals surface area (Å²) in [5.74, 6) is 0.205. The van der Waals surface area contributed by atoms with Crippen LogP contribution in [-0.2, 0) is 4.79 Å². The molecule has 1 atom stereocenters. The first-order valence-electron chi connectivity index (χ1n) is 8.83. The molecule has 0 fully saturated rings. The molecule has 0 aromatic heterocycles. The van der Waals surface area contributed by atoms with Crippen LogP contribution in [0.1, 0.15) is 97.8 Å². The van der Waals surface area contributed by atoms with E-state index < -0.39 is 0 Å². The molecule has 0 saturated heterocycles. The van der Waals surface area contributed by atoms with E-state index in [1.807, 2.05) is 0 Å². The highest BCUT2D eigenvalue weighted by Gasteiger charge is 2.29. The molecular formula is C18H37NO. The van der Waals surface area contributed by atoms with Crippen molar-refractivity contribution in [2.45, 2.75) is 97.8 Å². The Labute approximate surface area is 127 Å². The van der Waals surface area contributed by atoms with Gasteiger partial charge in [-0.2, -0.15) is 0 Å². The Morgan fingerprint density at radius 2 is 1.30 bits per heavy atom. The fourth-order valence-electron chi connectivity index (χ4n) is 2.76. The highest BCUT2D eigenvalue weighted by Crippen LogP contribution is 2.28. The third-order valence-corrected chi connectivity index (χ3v) is 4.64. The van der Waals surface area contributed by atoms with Crippen LogP contribution in [0.25, 0.3) is 0 Å². The summed E-state index contributed by atoms with van der Waals surface area (Å²) in [7, 11) is 1.74. The summed E-state index contributed by atoms with van der Waals surface area (Å²) in [4.78, 5) is 11.8. The van der Waals surface area contributed by atoms with Gasteiger partial charge in [0.1, 0.15) is 0 Å². The minimum atomic E-state index is -0.158. The van der Waals surface area contributed by atoms with Crippen molar-refractivity contribution in [3.8, 4) is 0 Å². The maximum atomic E-state index is 11.8. The van der Waals surface area contributed by atoms with Crippen LogP contribution in [0, 0.1) is 5.41 Å². The van der Waals surface area contributed by atoms with E-state index in [0.717, 1.165) is 12.8 Å². The monoisotopic (exact) mass is 283 g/mol. The molecule has 120 valence electrons. The van der Waals surface area contributed by atoms with Crippen LogP contribution in [-0.4, -0.2) is 13.0 Å². The maximum absolute atomic E-state index is 11.8. The standard InChI is InChI=1S/C18H37NO/c1-5-7-8-9-10-11-12-13-14-15-16-18(3,6-2)17(20)19-4/h5-16H2,1-4H3,(H,19,20). The van der Waals surface area contributed by atoms with Crippen LogP contribution in [0.15, 0.2) is 0 Å². The minimum Gasteiger partial charge on any atom is -0.359 e. The molecule has 20 heavy (non-hydrogen) atoms. The second-order valence-corrected chi connectivity index (χ2v) is 6.43. The van der Waals surface area contributed by atoms with Gasteiger partial charge in [-0.25, -0.2) is 0 Å². The van der Waals surface area contributed by atoms with E-state index in [0.29, 0.717) is 0 Å². The third-order valence-electron chi connectivity index (χ3n) is 4.64. The van der Waals surface area contributed by atoms with Gasteiger partial charge in [-0.15, -0.1) is 0 Å². The third kappa shape index (κ3) is 8.60. The lowest BCUT2D eigenvalue weighted by molar-refractivity contribution is -0.130. The lowest BCUT2D eigenvalue weighted by atomic mass is 9.81. The predicted molar refractivity (Wildman–Crippen MR) is 88.9 cm³/mol. The van der Waals surface area contributed by atoms with Gasteiger partial charge in [-0.3, -0.25) is 4.79 Å². The lowest BCUT2D eigenvalue weighted by Crippen LogP contribution is -2.36. The molecule has 2 nitrogen and oxygen atoms in total. The number of rotatable bonds is 13. The Kier molecular flexibility index (Phi) is 11.9. The second kappa shape index (κ2) is 12.2. The molecule has 0 aliphatic heterocycles. The van der Waals surface area contributed by atoms with Gasteiger partial charge >= 0.3 is 0 Å². The maximum Gasteiger partial charge on any atom is 0.225 e. The molecule has 0 saturated carbocycles. The molecule has 0 aliphatic carbocycles. The first-order chi connectivity index (χ1) is 9.60. The smallest absolute Gasteiger partial charge is 0.225 e. The Balaban J connectivity index is 3.49. The average molecular weight is 283 g/mol. The number of amides is 1. The topological polar surface area (TPSA) is 29.1 Å². The Morgan fingerprint density at radius 3 is 1.70 bits per heavy atom. The van der Waals surface area contributed by atoms with E-state index in [-0.39, 0.29) is 11.3 Å². The zero-order valence-electron chi connectivity index (χ0n) is 14.4. The van der Waals surface area contributed by atoms with Crippen LogP contribution in [0.2, 0.25) is 0 Å². The first kappa shape index (κ1) is 19.5. The first-order valence-corrected chi connectivity index (χ1v) is 8.83. The minimum absolute atomic E-state index is 0.158. The van der Waals surface area contributed by atoms with Crippen molar-refractivity contribution >= 4 is 5.91 Å². The normalized spacial score (nSPS) is 14.0. The zero-order chi connectivity index (χ0) is 15.3. The van der Waals surface area contributed by atoms with Gasteiger partial charge in [0.2, 0.25) is 5.91 Å². The van der Waals surface area contributed by atoms with Crippen molar-refractivity contribution in [3.05, 3.63) is 0 Å². The molecule has 0 heterocycles. The summed E-state index contributed by atoms with van der Waals surface area (Å²) in [5, 5.41) is 2.80. The summed E-state index contributed by atoms with van der Waals surface area (Å²) in [6, 6.07) is 0. The summed E-state index contributed by atoms with van der Waals surface area (Å²) in [6.45, 7) is 6.48. The lowest BCUT2D eigenvalue weighted by Gasteiger charge is -2.26. The van der Waals surface area contributed by atoms with Crippen LogP contribution in [0.5, 0.6) is 0 Å². The van der Waals surface area contributed by atoms with Crippen molar-refractivity contribution in [1.82, 2.24) is 5.32 Å². The zero-order valence-corrected chi connectivity index (χ0v) is 14.4. The number of hydrogen-bond acceptors (Lipinski definition) is 1. The quantitative estimate of drug-likeness (QED) is 0.447. The molecule has 0 aromatic rings. The number of hydrogen-bond donors (Lipinski definition) is 1. The SMILES string of the molecule is CCCCCCCCCCCCC(C)(CC)C(=O)NC. The van der Waals surface area contributed by atoms with Crippen molar-refractivity contribution < 1.29 is 4.79 Å². The number of nitrogens with one attached hydrogen (secondary N) is 1. The molecule has 0 bridgehead atoms. The molecule has 0 aromatic carbocycles. The molecule has 1 N–H and O–H groups in total. The summed E-state index contributed by atoms with van der Waals surface area (Å²) < 4.78 is 0. The highest BCUT2D eigenvalue weighted by molar-refractivity contribution is 5.81. The van der Waals surface area contributed by atoms with E-state index in [1.165, 1.54) is 64.2 Å². The van der Waals surface area contributed by atoms with Gasteiger partial charge in [0.15, 0.2) is 0 Å². The Hall–Kier alpha value is -0.530. The molecule has 0 rings (SSSR count). The van der Waals surface area contributed by atoms with Gasteiger partial charge in [-0.1, -0.05) is 85.0 Å². The van der Waals surface area contributed by atoms with Crippen molar-refractivity contribution in [2.75, 3.05) is 7.05 Å². The van der Waals surface area contributed by atoms with E-state index >= 15 is 0 Å². The second-order valence-electron chi connectivity index (χ2n) is 6.43. The molecule has 1 unspecified atom stereocenters. The molecule has 0 spiro atoms. The van der Waals surface area contributed by atoms with E-state index in [1.54, 1.807) is 7.05 Å². The van der Waals surface area contributed by atoms with Crippen LogP contribution in [0.3, 0.4) is 0 Å². The molecule has 2 heteroatoms. The molecule has 1 amide bonds. The summed E-state index contributed by atoms with van der Waals surface area (Å²) >= 11 is 0. The summed E-state index contributed by atoms with van der Waals surface area (Å²) in [6.07, 6.45) is 15.5. The predicted octanol–water partition coefficient (Wildman–Crippen LogP) is 5.46. The molecule has 0 radical (unpaired) electrons. The van der Waals surface area contributed by atoms with E-state index in [2.05, 4.69) is 26.1 Å². The van der Waals surface area contributed by atoms with Gasteiger partial charge in [-0.05, 0) is 12.8 Å². The number of carbonyl (C=O) groups is 1. The van der Waals surface area contributed by atoms with Crippen LogP contribution >= 0.6 is 0 Å². The number of carbonyl (C=O) groups excluding carboxylic acids is 1. The largest absolute Gasteiger partial charge is 0.359 e.